The third kappa shape index (κ3) is 4.13. The van der Waals surface area contributed by atoms with Gasteiger partial charge in [-0.2, -0.15) is 0 Å². The van der Waals surface area contributed by atoms with Crippen molar-refractivity contribution in [2.45, 2.75) is 6.92 Å². The topological polar surface area (TPSA) is 73.8 Å². The smallest absolute Gasteiger partial charge is 0.276 e. The van der Waals surface area contributed by atoms with Crippen LogP contribution in [0.3, 0.4) is 0 Å². The van der Waals surface area contributed by atoms with Crippen LogP contribution in [-0.4, -0.2) is 65.7 Å². The van der Waals surface area contributed by atoms with Crippen LogP contribution in [0, 0.1) is 0 Å². The largest absolute Gasteiger partial charge is 0.342 e. The first kappa shape index (κ1) is 18.6. The van der Waals surface area contributed by atoms with Crippen LogP contribution < -0.4 is 4.90 Å². The molecule has 2 heterocycles. The maximum absolute atomic E-state index is 12.9. The van der Waals surface area contributed by atoms with E-state index in [2.05, 4.69) is 4.98 Å². The summed E-state index contributed by atoms with van der Waals surface area (Å²) in [6.45, 7) is 4.32. The highest BCUT2D eigenvalue weighted by molar-refractivity contribution is 6.05. The second-order valence-corrected chi connectivity index (χ2v) is 6.23. The van der Waals surface area contributed by atoms with Crippen molar-refractivity contribution in [3.05, 3.63) is 59.9 Å². The molecule has 0 spiro atoms. The first-order valence-electron chi connectivity index (χ1n) is 8.96. The van der Waals surface area contributed by atoms with E-state index in [1.807, 2.05) is 37.3 Å². The summed E-state index contributed by atoms with van der Waals surface area (Å²) in [5.41, 5.74) is 1.26. The van der Waals surface area contributed by atoms with E-state index in [0.29, 0.717) is 32.7 Å². The zero-order valence-corrected chi connectivity index (χ0v) is 15.2. The molecule has 1 fully saturated rings. The van der Waals surface area contributed by atoms with Gasteiger partial charge in [0.1, 0.15) is 11.4 Å². The molecule has 3 rings (SSSR count). The molecule has 1 saturated heterocycles. The maximum Gasteiger partial charge on any atom is 0.276 e. The lowest BCUT2D eigenvalue weighted by Gasteiger charge is -2.32. The van der Waals surface area contributed by atoms with Crippen molar-refractivity contribution in [2.75, 3.05) is 37.6 Å². The molecule has 0 saturated carbocycles. The van der Waals surface area contributed by atoms with Crippen LogP contribution in [0.2, 0.25) is 0 Å². The van der Waals surface area contributed by atoms with Gasteiger partial charge in [0.15, 0.2) is 0 Å². The van der Waals surface area contributed by atoms with Crippen molar-refractivity contribution >= 4 is 23.9 Å². The summed E-state index contributed by atoms with van der Waals surface area (Å²) >= 11 is 0. The van der Waals surface area contributed by atoms with Crippen LogP contribution >= 0.6 is 0 Å². The Kier molecular flexibility index (Phi) is 5.80. The molecular formula is C20H22N4O3. The summed E-state index contributed by atoms with van der Waals surface area (Å²) < 4.78 is 0. The molecule has 0 N–H and O–H groups in total. The Morgan fingerprint density at radius 2 is 1.67 bits per heavy atom. The molecule has 3 amide bonds. The lowest BCUT2D eigenvalue weighted by atomic mass is 10.2. The summed E-state index contributed by atoms with van der Waals surface area (Å²) in [6, 6.07) is 14.3. The van der Waals surface area contributed by atoms with Gasteiger partial charge >= 0.3 is 0 Å². The zero-order chi connectivity index (χ0) is 19.2. The normalized spacial score (nSPS) is 14.0. The molecule has 0 atom stereocenters. The summed E-state index contributed by atoms with van der Waals surface area (Å²) in [6.07, 6.45) is 0.794. The van der Waals surface area contributed by atoms with Crippen LogP contribution in [0.15, 0.2) is 48.5 Å². The third-order valence-corrected chi connectivity index (χ3v) is 4.57. The highest BCUT2D eigenvalue weighted by Crippen LogP contribution is 2.16. The van der Waals surface area contributed by atoms with E-state index >= 15 is 0 Å². The fourth-order valence-corrected chi connectivity index (χ4v) is 3.05. The van der Waals surface area contributed by atoms with Gasteiger partial charge in [0.25, 0.3) is 11.8 Å². The average molecular weight is 366 g/mol. The second-order valence-electron chi connectivity index (χ2n) is 6.23. The molecule has 1 aliphatic heterocycles. The Balaban J connectivity index is 1.77. The van der Waals surface area contributed by atoms with Crippen LogP contribution in [0.4, 0.5) is 5.69 Å². The highest BCUT2D eigenvalue weighted by atomic mass is 16.2. The fourth-order valence-electron chi connectivity index (χ4n) is 3.05. The van der Waals surface area contributed by atoms with Crippen molar-refractivity contribution in [3.8, 4) is 0 Å². The molecular weight excluding hydrogens is 344 g/mol. The van der Waals surface area contributed by atoms with E-state index in [1.165, 1.54) is 0 Å². The summed E-state index contributed by atoms with van der Waals surface area (Å²) in [5.74, 6) is -0.470. The average Bonchev–Trinajstić information content (AvgIpc) is 2.74. The Bertz CT molecular complexity index is 817. The summed E-state index contributed by atoms with van der Waals surface area (Å²) in [7, 11) is 0. The van der Waals surface area contributed by atoms with E-state index in [4.69, 9.17) is 0 Å². The van der Waals surface area contributed by atoms with E-state index in [9.17, 15) is 14.4 Å². The number of carbonyl (C=O) groups excluding carboxylic acids is 3. The van der Waals surface area contributed by atoms with E-state index in [1.54, 1.807) is 32.9 Å². The summed E-state index contributed by atoms with van der Waals surface area (Å²) in [5, 5.41) is 0. The zero-order valence-electron chi connectivity index (χ0n) is 15.2. The van der Waals surface area contributed by atoms with Gasteiger partial charge in [-0.3, -0.25) is 14.4 Å². The number of benzene rings is 1. The number of anilines is 1. The van der Waals surface area contributed by atoms with Crippen LogP contribution in [-0.2, 0) is 4.79 Å². The molecule has 0 bridgehead atoms. The van der Waals surface area contributed by atoms with Gasteiger partial charge in [-0.15, -0.1) is 0 Å². The van der Waals surface area contributed by atoms with Gasteiger partial charge < -0.3 is 14.7 Å². The SMILES string of the molecule is CCN(C(=O)c1cccc(C(=O)N2CCN(C=O)CC2)n1)c1ccccc1. The van der Waals surface area contributed by atoms with Crippen molar-refractivity contribution < 1.29 is 14.4 Å². The standard InChI is InChI=1S/C20H22N4O3/c1-2-24(16-7-4-3-5-8-16)20(27)18-10-6-9-17(21-18)19(26)23-13-11-22(15-25)12-14-23/h3-10,15H,2,11-14H2,1H3. The van der Waals surface area contributed by atoms with E-state index in [0.717, 1.165) is 12.1 Å². The molecule has 2 aromatic rings. The van der Waals surface area contributed by atoms with Crippen molar-refractivity contribution in [3.63, 3.8) is 0 Å². The van der Waals surface area contributed by atoms with Crippen molar-refractivity contribution in [2.24, 2.45) is 0 Å². The van der Waals surface area contributed by atoms with Crippen LogP contribution in [0.5, 0.6) is 0 Å². The Labute approximate surface area is 158 Å². The van der Waals surface area contributed by atoms with Gasteiger partial charge in [0, 0.05) is 38.4 Å². The van der Waals surface area contributed by atoms with E-state index in [-0.39, 0.29) is 23.2 Å². The number of nitrogens with zero attached hydrogens (tertiary/aromatic N) is 4. The lowest BCUT2D eigenvalue weighted by Crippen LogP contribution is -2.48. The molecule has 7 nitrogen and oxygen atoms in total. The molecule has 1 aromatic heterocycles. The minimum atomic E-state index is -0.246. The van der Waals surface area contributed by atoms with E-state index < -0.39 is 0 Å². The molecule has 27 heavy (non-hydrogen) atoms. The molecule has 0 aliphatic carbocycles. The molecule has 0 radical (unpaired) electrons. The number of para-hydroxylation sites is 1. The first-order valence-corrected chi connectivity index (χ1v) is 8.96. The molecule has 0 unspecified atom stereocenters. The van der Waals surface area contributed by atoms with Crippen LogP contribution in [0.1, 0.15) is 27.9 Å². The number of rotatable bonds is 5. The number of hydrogen-bond acceptors (Lipinski definition) is 4. The fraction of sp³-hybridized carbons (Fsp3) is 0.300. The van der Waals surface area contributed by atoms with Gasteiger partial charge in [-0.05, 0) is 31.2 Å². The number of amides is 3. The molecule has 140 valence electrons. The number of pyridine rings is 1. The highest BCUT2D eigenvalue weighted by Gasteiger charge is 2.24. The minimum absolute atomic E-state index is 0.224. The van der Waals surface area contributed by atoms with Gasteiger partial charge in [0.2, 0.25) is 6.41 Å². The third-order valence-electron chi connectivity index (χ3n) is 4.57. The van der Waals surface area contributed by atoms with Crippen molar-refractivity contribution in [1.29, 1.82) is 0 Å². The number of carbonyl (C=O) groups is 3. The Morgan fingerprint density at radius 3 is 2.30 bits per heavy atom. The quantitative estimate of drug-likeness (QED) is 0.755. The molecule has 7 heteroatoms. The monoisotopic (exact) mass is 366 g/mol. The predicted octanol–water partition coefficient (Wildman–Crippen LogP) is 1.66. The Hall–Kier alpha value is -3.22. The summed E-state index contributed by atoms with van der Waals surface area (Å²) in [4.78, 5) is 45.6. The number of hydrogen-bond donors (Lipinski definition) is 0. The predicted molar refractivity (Wildman–Crippen MR) is 102 cm³/mol. The lowest BCUT2D eigenvalue weighted by molar-refractivity contribution is -0.119. The maximum atomic E-state index is 12.9. The van der Waals surface area contributed by atoms with Crippen LogP contribution in [0.25, 0.3) is 0 Å². The molecule has 1 aliphatic rings. The van der Waals surface area contributed by atoms with Crippen molar-refractivity contribution in [1.82, 2.24) is 14.8 Å². The van der Waals surface area contributed by atoms with Gasteiger partial charge in [0.05, 0.1) is 0 Å². The minimum Gasteiger partial charge on any atom is -0.342 e. The molecule has 1 aromatic carbocycles. The second kappa shape index (κ2) is 8.44. The van der Waals surface area contributed by atoms with Gasteiger partial charge in [-0.1, -0.05) is 24.3 Å². The van der Waals surface area contributed by atoms with Gasteiger partial charge in [-0.25, -0.2) is 4.98 Å². The first-order chi connectivity index (χ1) is 13.1. The number of piperazine rings is 1. The number of aromatic nitrogens is 1. The Morgan fingerprint density at radius 1 is 1.00 bits per heavy atom.